The SMILES string of the molecule is Cc1ccc(NC(=O)N(Cc2ccco2)[C@@H](C)c2cccs2)cc1C. The number of urea groups is 1. The normalized spacial score (nSPS) is 12.0. The van der Waals surface area contributed by atoms with E-state index < -0.39 is 0 Å². The molecule has 130 valence electrons. The van der Waals surface area contributed by atoms with Gasteiger partial charge in [-0.05, 0) is 67.6 Å². The minimum Gasteiger partial charge on any atom is -0.467 e. The van der Waals surface area contributed by atoms with Gasteiger partial charge in [-0.2, -0.15) is 0 Å². The smallest absolute Gasteiger partial charge is 0.322 e. The van der Waals surface area contributed by atoms with E-state index in [2.05, 4.69) is 12.2 Å². The largest absolute Gasteiger partial charge is 0.467 e. The molecule has 3 aromatic rings. The first kappa shape index (κ1) is 17.3. The lowest BCUT2D eigenvalue weighted by molar-refractivity contribution is 0.184. The predicted octanol–water partition coefficient (Wildman–Crippen LogP) is 5.75. The number of thiophene rings is 1. The lowest BCUT2D eigenvalue weighted by atomic mass is 10.1. The van der Waals surface area contributed by atoms with Gasteiger partial charge in [-0.1, -0.05) is 12.1 Å². The van der Waals surface area contributed by atoms with Crippen LogP contribution < -0.4 is 5.32 Å². The molecule has 25 heavy (non-hydrogen) atoms. The zero-order valence-corrected chi connectivity index (χ0v) is 15.5. The van der Waals surface area contributed by atoms with Crippen molar-refractivity contribution < 1.29 is 9.21 Å². The molecule has 2 aromatic heterocycles. The average molecular weight is 354 g/mol. The fraction of sp³-hybridized carbons (Fsp3) is 0.250. The molecule has 0 aliphatic rings. The highest BCUT2D eigenvalue weighted by molar-refractivity contribution is 7.10. The lowest BCUT2D eigenvalue weighted by Gasteiger charge is -2.28. The quantitative estimate of drug-likeness (QED) is 0.634. The number of aryl methyl sites for hydroxylation is 2. The standard InChI is InChI=1S/C20H22N2O2S/c1-14-8-9-17(12-15(14)2)21-20(23)22(13-18-6-4-10-24-18)16(3)19-7-5-11-25-19/h4-12,16H,13H2,1-3H3,(H,21,23)/t16-/m0/s1. The van der Waals surface area contributed by atoms with E-state index in [1.807, 2.05) is 61.7 Å². The first-order valence-electron chi connectivity index (χ1n) is 8.25. The molecule has 2 amide bonds. The number of hydrogen-bond acceptors (Lipinski definition) is 3. The number of nitrogens with one attached hydrogen (secondary N) is 1. The molecule has 4 nitrogen and oxygen atoms in total. The number of nitrogens with zero attached hydrogens (tertiary/aromatic N) is 1. The van der Waals surface area contributed by atoms with Gasteiger partial charge in [-0.3, -0.25) is 0 Å². The molecule has 0 fully saturated rings. The Bertz CT molecular complexity index is 826. The van der Waals surface area contributed by atoms with Crippen LogP contribution in [-0.2, 0) is 6.54 Å². The third kappa shape index (κ3) is 4.12. The molecule has 5 heteroatoms. The highest BCUT2D eigenvalue weighted by atomic mass is 32.1. The van der Waals surface area contributed by atoms with Gasteiger partial charge in [-0.25, -0.2) is 4.79 Å². The summed E-state index contributed by atoms with van der Waals surface area (Å²) in [5, 5.41) is 5.04. The number of rotatable bonds is 5. The summed E-state index contributed by atoms with van der Waals surface area (Å²) in [5.41, 5.74) is 3.16. The van der Waals surface area contributed by atoms with Gasteiger partial charge in [0.2, 0.25) is 0 Å². The second kappa shape index (κ2) is 7.57. The van der Waals surface area contributed by atoms with Crippen LogP contribution in [0.4, 0.5) is 10.5 Å². The molecule has 1 atom stereocenters. The van der Waals surface area contributed by atoms with Crippen LogP contribution in [0.3, 0.4) is 0 Å². The number of amides is 2. The van der Waals surface area contributed by atoms with Gasteiger partial charge in [-0.15, -0.1) is 11.3 Å². The van der Waals surface area contributed by atoms with Crippen LogP contribution in [0.2, 0.25) is 0 Å². The monoisotopic (exact) mass is 354 g/mol. The molecule has 1 aromatic carbocycles. The molecule has 0 unspecified atom stereocenters. The fourth-order valence-corrected chi connectivity index (χ4v) is 3.45. The van der Waals surface area contributed by atoms with E-state index in [0.29, 0.717) is 6.54 Å². The first-order chi connectivity index (χ1) is 12.0. The Labute approximate surface area is 152 Å². The van der Waals surface area contributed by atoms with Crippen molar-refractivity contribution in [3.63, 3.8) is 0 Å². The van der Waals surface area contributed by atoms with Gasteiger partial charge in [0.15, 0.2) is 0 Å². The molecule has 0 radical (unpaired) electrons. The maximum Gasteiger partial charge on any atom is 0.322 e. The summed E-state index contributed by atoms with van der Waals surface area (Å²) < 4.78 is 5.45. The fourth-order valence-electron chi connectivity index (χ4n) is 2.65. The van der Waals surface area contributed by atoms with E-state index in [4.69, 9.17) is 4.42 Å². The summed E-state index contributed by atoms with van der Waals surface area (Å²) in [6.45, 7) is 6.56. The van der Waals surface area contributed by atoms with Gasteiger partial charge in [0.05, 0.1) is 18.8 Å². The summed E-state index contributed by atoms with van der Waals surface area (Å²) in [5.74, 6) is 0.763. The average Bonchev–Trinajstić information content (AvgIpc) is 3.28. The molecule has 0 bridgehead atoms. The third-order valence-corrected chi connectivity index (χ3v) is 5.39. The molecule has 0 saturated carbocycles. The summed E-state index contributed by atoms with van der Waals surface area (Å²) in [7, 11) is 0. The van der Waals surface area contributed by atoms with Crippen LogP contribution in [0.15, 0.2) is 58.5 Å². The highest BCUT2D eigenvalue weighted by Crippen LogP contribution is 2.27. The molecule has 2 heterocycles. The first-order valence-corrected chi connectivity index (χ1v) is 9.13. The van der Waals surface area contributed by atoms with Crippen molar-refractivity contribution >= 4 is 23.1 Å². The van der Waals surface area contributed by atoms with Crippen molar-refractivity contribution in [1.29, 1.82) is 0 Å². The van der Waals surface area contributed by atoms with Crippen LogP contribution in [0.5, 0.6) is 0 Å². The van der Waals surface area contributed by atoms with Gasteiger partial charge in [0.1, 0.15) is 5.76 Å². The molecule has 0 spiro atoms. The number of furan rings is 1. The number of benzene rings is 1. The Balaban J connectivity index is 1.82. The molecule has 1 N–H and O–H groups in total. The second-order valence-electron chi connectivity index (χ2n) is 6.13. The number of hydrogen-bond donors (Lipinski definition) is 1. The van der Waals surface area contributed by atoms with Gasteiger partial charge in [0.25, 0.3) is 0 Å². The van der Waals surface area contributed by atoms with Crippen LogP contribution in [0.1, 0.15) is 34.7 Å². The summed E-state index contributed by atoms with van der Waals surface area (Å²) in [4.78, 5) is 15.9. The Morgan fingerprint density at radius 3 is 2.68 bits per heavy atom. The minimum atomic E-state index is -0.138. The Hall–Kier alpha value is -2.53. The zero-order chi connectivity index (χ0) is 17.8. The highest BCUT2D eigenvalue weighted by Gasteiger charge is 2.23. The van der Waals surface area contributed by atoms with E-state index in [9.17, 15) is 4.79 Å². The van der Waals surface area contributed by atoms with Crippen molar-refractivity contribution in [3.8, 4) is 0 Å². The third-order valence-electron chi connectivity index (χ3n) is 4.35. The van der Waals surface area contributed by atoms with Crippen LogP contribution in [-0.4, -0.2) is 10.9 Å². The maximum absolute atomic E-state index is 12.9. The van der Waals surface area contributed by atoms with Gasteiger partial charge >= 0.3 is 6.03 Å². The van der Waals surface area contributed by atoms with Crippen LogP contribution in [0.25, 0.3) is 0 Å². The van der Waals surface area contributed by atoms with Crippen molar-refractivity contribution in [2.75, 3.05) is 5.32 Å². The molecule has 0 aliphatic carbocycles. The molecule has 0 aliphatic heterocycles. The Kier molecular flexibility index (Phi) is 5.24. The summed E-state index contributed by atoms with van der Waals surface area (Å²) >= 11 is 1.65. The number of carbonyl (C=O) groups excluding carboxylic acids is 1. The molecule has 3 rings (SSSR count). The van der Waals surface area contributed by atoms with Crippen LogP contribution in [0, 0.1) is 13.8 Å². The van der Waals surface area contributed by atoms with Crippen molar-refractivity contribution in [1.82, 2.24) is 4.90 Å². The lowest BCUT2D eigenvalue weighted by Crippen LogP contribution is -2.36. The topological polar surface area (TPSA) is 45.5 Å². The summed E-state index contributed by atoms with van der Waals surface area (Å²) in [6.07, 6.45) is 1.63. The van der Waals surface area contributed by atoms with E-state index in [0.717, 1.165) is 21.9 Å². The number of anilines is 1. The Morgan fingerprint density at radius 2 is 2.04 bits per heavy atom. The van der Waals surface area contributed by atoms with Crippen molar-refractivity contribution in [3.05, 3.63) is 75.9 Å². The van der Waals surface area contributed by atoms with E-state index >= 15 is 0 Å². The van der Waals surface area contributed by atoms with E-state index in [1.54, 1.807) is 22.5 Å². The van der Waals surface area contributed by atoms with E-state index in [1.165, 1.54) is 5.56 Å². The second-order valence-corrected chi connectivity index (χ2v) is 7.11. The van der Waals surface area contributed by atoms with Gasteiger partial charge < -0.3 is 14.6 Å². The molecule has 0 saturated heterocycles. The summed E-state index contributed by atoms with van der Waals surface area (Å²) in [6, 6.07) is 13.5. The predicted molar refractivity (Wildman–Crippen MR) is 102 cm³/mol. The van der Waals surface area contributed by atoms with Crippen molar-refractivity contribution in [2.24, 2.45) is 0 Å². The zero-order valence-electron chi connectivity index (χ0n) is 14.7. The Morgan fingerprint density at radius 1 is 1.20 bits per heavy atom. The van der Waals surface area contributed by atoms with Crippen molar-refractivity contribution in [2.45, 2.75) is 33.4 Å². The van der Waals surface area contributed by atoms with Crippen LogP contribution >= 0.6 is 11.3 Å². The van der Waals surface area contributed by atoms with Gasteiger partial charge in [0, 0.05) is 10.6 Å². The molecular weight excluding hydrogens is 332 g/mol. The maximum atomic E-state index is 12.9. The number of carbonyl (C=O) groups is 1. The minimum absolute atomic E-state index is 0.0448. The molecular formula is C20H22N2O2S. The van der Waals surface area contributed by atoms with E-state index in [-0.39, 0.29) is 12.1 Å².